The van der Waals surface area contributed by atoms with Gasteiger partial charge in [0.1, 0.15) is 0 Å². The van der Waals surface area contributed by atoms with Gasteiger partial charge in [0, 0.05) is 18.8 Å². The Kier molecular flexibility index (Phi) is 7.73. The predicted molar refractivity (Wildman–Crippen MR) is 89.1 cm³/mol. The van der Waals surface area contributed by atoms with Crippen LogP contribution in [-0.2, 0) is 11.3 Å². The number of urea groups is 1. The van der Waals surface area contributed by atoms with Gasteiger partial charge in [0.25, 0.3) is 0 Å². The molecule has 0 spiro atoms. The highest BCUT2D eigenvalue weighted by Crippen LogP contribution is 2.21. The molecule has 0 aliphatic heterocycles. The highest BCUT2D eigenvalue weighted by atomic mass is 32.2. The molecule has 22 heavy (non-hydrogen) atoms. The number of rotatable bonds is 8. The molecule has 0 radical (unpaired) electrons. The molecule has 1 rings (SSSR count). The minimum absolute atomic E-state index is 0.156. The maximum absolute atomic E-state index is 11.8. The summed E-state index contributed by atoms with van der Waals surface area (Å²) in [5, 5.41) is 5.59. The van der Waals surface area contributed by atoms with E-state index in [0.29, 0.717) is 6.54 Å². The molecule has 6 nitrogen and oxygen atoms in total. The van der Waals surface area contributed by atoms with Crippen molar-refractivity contribution in [2.24, 2.45) is 0 Å². The van der Waals surface area contributed by atoms with Crippen molar-refractivity contribution >= 4 is 23.7 Å². The van der Waals surface area contributed by atoms with E-state index < -0.39 is 6.03 Å². The van der Waals surface area contributed by atoms with Gasteiger partial charge in [-0.3, -0.25) is 10.1 Å². The van der Waals surface area contributed by atoms with Gasteiger partial charge in [-0.05, 0) is 20.3 Å². The topological polar surface area (TPSA) is 76.0 Å². The van der Waals surface area contributed by atoms with E-state index in [2.05, 4.69) is 33.7 Å². The second kappa shape index (κ2) is 9.30. The summed E-state index contributed by atoms with van der Waals surface area (Å²) >= 11 is 1.35. The number of thioether (sulfide) groups is 1. The van der Waals surface area contributed by atoms with Crippen LogP contribution in [0.2, 0.25) is 0 Å². The number of amides is 3. The number of hydrogen-bond acceptors (Lipinski definition) is 4. The third-order valence-corrected chi connectivity index (χ3v) is 4.13. The van der Waals surface area contributed by atoms with E-state index in [-0.39, 0.29) is 11.7 Å². The number of nitrogens with zero attached hydrogens (tertiary/aromatic N) is 2. The van der Waals surface area contributed by atoms with Gasteiger partial charge in [-0.25, -0.2) is 9.78 Å². The molecule has 1 aromatic heterocycles. The number of aromatic nitrogens is 2. The fraction of sp³-hybridized carbons (Fsp3) is 0.533. The number of hydrogen-bond donors (Lipinski definition) is 2. The first kappa shape index (κ1) is 18.3. The normalized spacial score (nSPS) is 10.3. The number of aryl methyl sites for hydroxylation is 1. The molecule has 0 saturated heterocycles. The average molecular weight is 324 g/mol. The molecule has 0 bridgehead atoms. The Hall–Kier alpha value is -1.76. The van der Waals surface area contributed by atoms with Crippen molar-refractivity contribution in [1.82, 2.24) is 20.2 Å². The lowest BCUT2D eigenvalue weighted by Gasteiger charge is -2.09. The van der Waals surface area contributed by atoms with E-state index in [1.165, 1.54) is 11.8 Å². The van der Waals surface area contributed by atoms with Gasteiger partial charge in [-0.2, -0.15) is 0 Å². The molecule has 0 unspecified atom stereocenters. The van der Waals surface area contributed by atoms with Gasteiger partial charge in [0.2, 0.25) is 5.91 Å². The number of unbranched alkanes of at least 4 members (excludes halogenated alkanes) is 1. The van der Waals surface area contributed by atoms with Gasteiger partial charge in [0.05, 0.1) is 11.4 Å². The molecule has 7 heteroatoms. The SMILES string of the molecule is C=CCNC(=O)NC(=O)CSc1nc(C)c(C)n1CCCC. The Bertz CT molecular complexity index is 540. The number of carbonyl (C=O) groups excluding carboxylic acids is 2. The molecular weight excluding hydrogens is 300 g/mol. The summed E-state index contributed by atoms with van der Waals surface area (Å²) in [6.07, 6.45) is 3.72. The Morgan fingerprint density at radius 2 is 2.14 bits per heavy atom. The third-order valence-electron chi connectivity index (χ3n) is 3.15. The molecule has 3 amide bonds. The van der Waals surface area contributed by atoms with Crippen molar-refractivity contribution in [3.63, 3.8) is 0 Å². The van der Waals surface area contributed by atoms with Crippen LogP contribution in [0, 0.1) is 13.8 Å². The Balaban J connectivity index is 2.56. The molecule has 0 atom stereocenters. The average Bonchev–Trinajstić information content (AvgIpc) is 2.75. The fourth-order valence-electron chi connectivity index (χ4n) is 1.82. The van der Waals surface area contributed by atoms with Crippen LogP contribution in [-0.4, -0.2) is 33.8 Å². The Morgan fingerprint density at radius 1 is 1.41 bits per heavy atom. The van der Waals surface area contributed by atoms with Crippen LogP contribution in [0.1, 0.15) is 31.2 Å². The van der Waals surface area contributed by atoms with Crippen LogP contribution < -0.4 is 10.6 Å². The van der Waals surface area contributed by atoms with E-state index in [9.17, 15) is 9.59 Å². The summed E-state index contributed by atoms with van der Waals surface area (Å²) in [4.78, 5) is 27.6. The standard InChI is InChI=1S/C15H24N4O2S/c1-5-7-9-19-12(4)11(3)17-15(19)22-10-13(20)18-14(21)16-8-6-2/h6H,2,5,7-10H2,1,3-4H3,(H2,16,18,20,21). The van der Waals surface area contributed by atoms with E-state index in [0.717, 1.165) is 35.9 Å². The van der Waals surface area contributed by atoms with Crippen LogP contribution in [0.25, 0.3) is 0 Å². The molecule has 0 aliphatic carbocycles. The Labute approximate surface area is 135 Å². The lowest BCUT2D eigenvalue weighted by atomic mass is 10.3. The smallest absolute Gasteiger partial charge is 0.321 e. The lowest BCUT2D eigenvalue weighted by molar-refractivity contribution is -0.117. The van der Waals surface area contributed by atoms with Crippen LogP contribution in [0.4, 0.5) is 4.79 Å². The number of imide groups is 1. The zero-order valence-electron chi connectivity index (χ0n) is 13.4. The van der Waals surface area contributed by atoms with Crippen molar-refractivity contribution in [3.05, 3.63) is 24.0 Å². The molecule has 1 heterocycles. The van der Waals surface area contributed by atoms with Crippen molar-refractivity contribution in [2.45, 2.75) is 45.3 Å². The van der Waals surface area contributed by atoms with Gasteiger partial charge in [0.15, 0.2) is 5.16 Å². The zero-order valence-corrected chi connectivity index (χ0v) is 14.3. The van der Waals surface area contributed by atoms with E-state index >= 15 is 0 Å². The van der Waals surface area contributed by atoms with Crippen molar-refractivity contribution < 1.29 is 9.59 Å². The number of imidazole rings is 1. The first-order valence-electron chi connectivity index (χ1n) is 7.34. The van der Waals surface area contributed by atoms with Gasteiger partial charge in [-0.1, -0.05) is 31.2 Å². The molecule has 0 aliphatic rings. The molecular formula is C15H24N4O2S. The molecule has 1 aromatic rings. The van der Waals surface area contributed by atoms with Gasteiger partial charge < -0.3 is 9.88 Å². The summed E-state index contributed by atoms with van der Waals surface area (Å²) < 4.78 is 2.13. The molecule has 0 saturated carbocycles. The molecule has 0 fully saturated rings. The summed E-state index contributed by atoms with van der Waals surface area (Å²) in [6, 6.07) is -0.507. The molecule has 2 N–H and O–H groups in total. The minimum Gasteiger partial charge on any atom is -0.334 e. The summed E-state index contributed by atoms with van der Waals surface area (Å²) in [5.41, 5.74) is 2.10. The largest absolute Gasteiger partial charge is 0.334 e. The number of nitrogens with one attached hydrogen (secondary N) is 2. The van der Waals surface area contributed by atoms with Gasteiger partial charge >= 0.3 is 6.03 Å². The summed E-state index contributed by atoms with van der Waals surface area (Å²) in [5.74, 6) is -0.185. The Morgan fingerprint density at radius 3 is 2.77 bits per heavy atom. The first-order valence-corrected chi connectivity index (χ1v) is 8.33. The van der Waals surface area contributed by atoms with Crippen LogP contribution in [0.3, 0.4) is 0 Å². The minimum atomic E-state index is -0.507. The van der Waals surface area contributed by atoms with Crippen LogP contribution in [0.15, 0.2) is 17.8 Å². The summed E-state index contributed by atoms with van der Waals surface area (Å²) in [6.45, 7) is 10.8. The van der Waals surface area contributed by atoms with Crippen molar-refractivity contribution in [1.29, 1.82) is 0 Å². The highest BCUT2D eigenvalue weighted by molar-refractivity contribution is 7.99. The highest BCUT2D eigenvalue weighted by Gasteiger charge is 2.14. The van der Waals surface area contributed by atoms with E-state index in [1.54, 1.807) is 6.08 Å². The number of carbonyl (C=O) groups is 2. The van der Waals surface area contributed by atoms with Crippen molar-refractivity contribution in [3.8, 4) is 0 Å². The van der Waals surface area contributed by atoms with E-state index in [4.69, 9.17) is 0 Å². The molecule has 0 aromatic carbocycles. The van der Waals surface area contributed by atoms with Crippen molar-refractivity contribution in [2.75, 3.05) is 12.3 Å². The quantitative estimate of drug-likeness (QED) is 0.569. The predicted octanol–water partition coefficient (Wildman–Crippen LogP) is 2.40. The second-order valence-electron chi connectivity index (χ2n) is 4.91. The van der Waals surface area contributed by atoms with Crippen LogP contribution >= 0.6 is 11.8 Å². The monoisotopic (exact) mass is 324 g/mol. The summed E-state index contributed by atoms with van der Waals surface area (Å²) in [7, 11) is 0. The van der Waals surface area contributed by atoms with Crippen LogP contribution in [0.5, 0.6) is 0 Å². The lowest BCUT2D eigenvalue weighted by Crippen LogP contribution is -2.40. The first-order chi connectivity index (χ1) is 10.5. The maximum atomic E-state index is 11.8. The fourth-order valence-corrected chi connectivity index (χ4v) is 2.73. The van der Waals surface area contributed by atoms with E-state index in [1.807, 2.05) is 13.8 Å². The van der Waals surface area contributed by atoms with Gasteiger partial charge in [-0.15, -0.1) is 6.58 Å². The second-order valence-corrected chi connectivity index (χ2v) is 5.85. The zero-order chi connectivity index (χ0) is 16.5. The third kappa shape index (κ3) is 5.55. The molecule has 122 valence electrons. The maximum Gasteiger partial charge on any atom is 0.321 e.